The van der Waals surface area contributed by atoms with Gasteiger partial charge < -0.3 is 0 Å². The second kappa shape index (κ2) is 7.09. The van der Waals surface area contributed by atoms with Crippen LogP contribution in [0.15, 0.2) is 89.4 Å². The van der Waals surface area contributed by atoms with Crippen LogP contribution in [0, 0.1) is 0 Å². The van der Waals surface area contributed by atoms with E-state index in [1.54, 1.807) is 0 Å². The van der Waals surface area contributed by atoms with Crippen molar-refractivity contribution in [3.05, 3.63) is 95.0 Å². The Balaban J connectivity index is 2.09. The fraction of sp³-hybridized carbons (Fsp3) is 0.120. The molecule has 0 aliphatic rings. The third kappa shape index (κ3) is 3.08. The number of halogens is 1. The number of benzene rings is 4. The molecule has 0 atom stereocenters. The van der Waals surface area contributed by atoms with Crippen LogP contribution in [0.2, 0.25) is 0 Å². The summed E-state index contributed by atoms with van der Waals surface area (Å²) in [4.78, 5) is 0. The highest BCUT2D eigenvalue weighted by Gasteiger charge is 2.16. The van der Waals surface area contributed by atoms with Gasteiger partial charge >= 0.3 is 0 Å². The summed E-state index contributed by atoms with van der Waals surface area (Å²) in [5, 5.41) is 2.63. The van der Waals surface area contributed by atoms with Gasteiger partial charge in [0.05, 0.1) is 0 Å². The molecule has 0 saturated carbocycles. The van der Waals surface area contributed by atoms with Gasteiger partial charge in [0, 0.05) is 4.47 Å². The van der Waals surface area contributed by atoms with Gasteiger partial charge in [0.2, 0.25) is 0 Å². The predicted molar refractivity (Wildman–Crippen MR) is 117 cm³/mol. The Kier molecular flexibility index (Phi) is 4.65. The van der Waals surface area contributed by atoms with Crippen LogP contribution in [0.5, 0.6) is 0 Å². The summed E-state index contributed by atoms with van der Waals surface area (Å²) in [5.74, 6) is 0.445. The maximum absolute atomic E-state index is 3.56. The quantitative estimate of drug-likeness (QED) is 0.326. The van der Waals surface area contributed by atoms with E-state index < -0.39 is 0 Å². The van der Waals surface area contributed by atoms with Gasteiger partial charge in [0.1, 0.15) is 0 Å². The third-order valence-electron chi connectivity index (χ3n) is 4.91. The molecule has 0 aliphatic carbocycles. The number of fused-ring (bicyclic) bond motifs is 1. The minimum atomic E-state index is 0.445. The van der Waals surface area contributed by atoms with E-state index in [1.165, 1.54) is 38.6 Å². The van der Waals surface area contributed by atoms with Crippen molar-refractivity contribution in [1.29, 1.82) is 0 Å². The van der Waals surface area contributed by atoms with Crippen LogP contribution in [0.1, 0.15) is 25.3 Å². The largest absolute Gasteiger partial charge is 0.0622 e. The number of hydrogen-bond acceptors (Lipinski definition) is 0. The van der Waals surface area contributed by atoms with Crippen LogP contribution in [-0.2, 0) is 0 Å². The van der Waals surface area contributed by atoms with Crippen molar-refractivity contribution in [2.75, 3.05) is 0 Å². The average molecular weight is 401 g/mol. The van der Waals surface area contributed by atoms with E-state index in [-0.39, 0.29) is 0 Å². The van der Waals surface area contributed by atoms with Gasteiger partial charge in [-0.25, -0.2) is 0 Å². The summed E-state index contributed by atoms with van der Waals surface area (Å²) in [6.07, 6.45) is 0. The zero-order chi connectivity index (χ0) is 18.1. The highest BCUT2D eigenvalue weighted by molar-refractivity contribution is 9.10. The lowest BCUT2D eigenvalue weighted by molar-refractivity contribution is 0.871. The lowest BCUT2D eigenvalue weighted by Gasteiger charge is -2.20. The normalized spacial score (nSPS) is 11.2. The van der Waals surface area contributed by atoms with E-state index >= 15 is 0 Å². The van der Waals surface area contributed by atoms with E-state index in [0.29, 0.717) is 5.92 Å². The standard InChI is InChI=1S/C25H21Br/c1-17(2)23-16-24(18-8-4-3-5-9-18)21-10-6-7-11-22(21)25(23)19-12-14-20(26)15-13-19/h3-17H,1-2H3. The number of hydrogen-bond donors (Lipinski definition) is 0. The Morgan fingerprint density at radius 2 is 1.27 bits per heavy atom. The van der Waals surface area contributed by atoms with Gasteiger partial charge in [0.25, 0.3) is 0 Å². The van der Waals surface area contributed by atoms with Crippen LogP contribution in [0.4, 0.5) is 0 Å². The van der Waals surface area contributed by atoms with Crippen LogP contribution < -0.4 is 0 Å². The maximum atomic E-state index is 3.56. The number of rotatable bonds is 3. The third-order valence-corrected chi connectivity index (χ3v) is 5.44. The zero-order valence-electron chi connectivity index (χ0n) is 15.0. The van der Waals surface area contributed by atoms with Crippen molar-refractivity contribution in [3.63, 3.8) is 0 Å². The van der Waals surface area contributed by atoms with Crippen molar-refractivity contribution in [1.82, 2.24) is 0 Å². The first-order valence-electron chi connectivity index (χ1n) is 9.02. The molecule has 0 aliphatic heterocycles. The molecule has 0 radical (unpaired) electrons. The zero-order valence-corrected chi connectivity index (χ0v) is 16.6. The van der Waals surface area contributed by atoms with E-state index in [2.05, 4.69) is 115 Å². The summed E-state index contributed by atoms with van der Waals surface area (Å²) in [6.45, 7) is 4.56. The molecule has 0 heterocycles. The van der Waals surface area contributed by atoms with Crippen LogP contribution in [0.3, 0.4) is 0 Å². The van der Waals surface area contributed by atoms with E-state index in [0.717, 1.165) is 4.47 Å². The Hall–Kier alpha value is -2.38. The van der Waals surface area contributed by atoms with Gasteiger partial charge in [-0.05, 0) is 62.7 Å². The first-order chi connectivity index (χ1) is 12.6. The highest BCUT2D eigenvalue weighted by atomic mass is 79.9. The van der Waals surface area contributed by atoms with Crippen molar-refractivity contribution in [2.45, 2.75) is 19.8 Å². The van der Waals surface area contributed by atoms with Gasteiger partial charge in [0.15, 0.2) is 0 Å². The lowest BCUT2D eigenvalue weighted by atomic mass is 9.84. The molecule has 0 bridgehead atoms. The molecule has 0 amide bonds. The average Bonchev–Trinajstić information content (AvgIpc) is 2.68. The summed E-state index contributed by atoms with van der Waals surface area (Å²) in [5.41, 5.74) is 6.60. The van der Waals surface area contributed by atoms with Gasteiger partial charge in [-0.15, -0.1) is 0 Å². The first kappa shape index (κ1) is 17.1. The topological polar surface area (TPSA) is 0 Å². The molecule has 0 unspecified atom stereocenters. The smallest absolute Gasteiger partial charge is 0.0175 e. The molecule has 1 heteroatoms. The second-order valence-electron chi connectivity index (χ2n) is 6.96. The van der Waals surface area contributed by atoms with Crippen LogP contribution in [0.25, 0.3) is 33.0 Å². The first-order valence-corrected chi connectivity index (χ1v) is 9.81. The molecule has 4 aromatic rings. The predicted octanol–water partition coefficient (Wildman–Crippen LogP) is 8.06. The molecule has 26 heavy (non-hydrogen) atoms. The maximum Gasteiger partial charge on any atom is 0.0175 e. The van der Waals surface area contributed by atoms with Crippen molar-refractivity contribution >= 4 is 26.7 Å². The summed E-state index contributed by atoms with van der Waals surface area (Å²) in [6, 6.07) is 30.5. The van der Waals surface area contributed by atoms with Crippen molar-refractivity contribution < 1.29 is 0 Å². The molecule has 0 fully saturated rings. The molecule has 4 aromatic carbocycles. The summed E-state index contributed by atoms with van der Waals surface area (Å²) < 4.78 is 1.11. The SMILES string of the molecule is CC(C)c1cc(-c2ccccc2)c2ccccc2c1-c1ccc(Br)cc1. The minimum Gasteiger partial charge on any atom is -0.0622 e. The van der Waals surface area contributed by atoms with Crippen LogP contribution in [-0.4, -0.2) is 0 Å². The van der Waals surface area contributed by atoms with E-state index in [4.69, 9.17) is 0 Å². The van der Waals surface area contributed by atoms with E-state index in [1.807, 2.05) is 0 Å². The molecule has 128 valence electrons. The van der Waals surface area contributed by atoms with Crippen molar-refractivity contribution in [3.8, 4) is 22.3 Å². The van der Waals surface area contributed by atoms with E-state index in [9.17, 15) is 0 Å². The molecule has 0 N–H and O–H groups in total. The molecular formula is C25H21Br. The Bertz CT molecular complexity index is 1040. The Labute approximate surface area is 163 Å². The highest BCUT2D eigenvalue weighted by Crippen LogP contribution is 2.41. The second-order valence-corrected chi connectivity index (χ2v) is 7.88. The minimum absolute atomic E-state index is 0.445. The monoisotopic (exact) mass is 400 g/mol. The van der Waals surface area contributed by atoms with Crippen molar-refractivity contribution in [2.24, 2.45) is 0 Å². The molecule has 0 nitrogen and oxygen atoms in total. The van der Waals surface area contributed by atoms with Crippen LogP contribution >= 0.6 is 15.9 Å². The van der Waals surface area contributed by atoms with Gasteiger partial charge in [-0.3, -0.25) is 0 Å². The molecule has 4 rings (SSSR count). The molecule has 0 spiro atoms. The molecule has 0 saturated heterocycles. The van der Waals surface area contributed by atoms with Gasteiger partial charge in [-0.1, -0.05) is 96.5 Å². The molecule has 0 aromatic heterocycles. The van der Waals surface area contributed by atoms with Gasteiger partial charge in [-0.2, -0.15) is 0 Å². The Morgan fingerprint density at radius 1 is 0.654 bits per heavy atom. The fourth-order valence-corrected chi connectivity index (χ4v) is 3.91. The fourth-order valence-electron chi connectivity index (χ4n) is 3.65. The summed E-state index contributed by atoms with van der Waals surface area (Å²) in [7, 11) is 0. The Morgan fingerprint density at radius 3 is 1.92 bits per heavy atom. The molecular weight excluding hydrogens is 380 g/mol. The lowest BCUT2D eigenvalue weighted by Crippen LogP contribution is -1.96. The summed E-state index contributed by atoms with van der Waals surface area (Å²) >= 11 is 3.56.